The van der Waals surface area contributed by atoms with Crippen LogP contribution in [0.3, 0.4) is 0 Å². The molecule has 8 rings (SSSR count). The van der Waals surface area contributed by atoms with Crippen LogP contribution in [0.25, 0.3) is 0 Å². The molecule has 5 fully saturated rings. The summed E-state index contributed by atoms with van der Waals surface area (Å²) in [6.07, 6.45) is 6.28. The van der Waals surface area contributed by atoms with Crippen LogP contribution >= 0.6 is 0 Å². The highest BCUT2D eigenvalue weighted by Gasteiger charge is 2.74. The molecule has 0 aromatic rings. The van der Waals surface area contributed by atoms with Crippen LogP contribution in [0.1, 0.15) is 118 Å². The van der Waals surface area contributed by atoms with E-state index in [9.17, 15) is 40.2 Å². The lowest BCUT2D eigenvalue weighted by Gasteiger charge is -2.61. The number of rotatable bonds is 4. The molecular formula is C47H69N3O9. The van der Waals surface area contributed by atoms with Crippen molar-refractivity contribution in [2.24, 2.45) is 92.4 Å². The molecule has 0 bridgehead atoms. The summed E-state index contributed by atoms with van der Waals surface area (Å²) in [6.45, 7) is 8.58. The Hall–Kier alpha value is -2.95. The summed E-state index contributed by atoms with van der Waals surface area (Å²) in [5.74, 6) is 4.75. The summed E-state index contributed by atoms with van der Waals surface area (Å²) >= 11 is 0. The number of nitrogens with two attached hydrogens (primary N) is 2. The molecular weight excluding hydrogens is 751 g/mol. The number of hydrogen-bond acceptors (Lipinski definition) is 10. The van der Waals surface area contributed by atoms with Crippen LogP contribution in [0.2, 0.25) is 0 Å². The van der Waals surface area contributed by atoms with Crippen LogP contribution in [0.5, 0.6) is 0 Å². The maximum Gasteiger partial charge on any atom is 0.306 e. The Morgan fingerprint density at radius 1 is 0.966 bits per heavy atom. The van der Waals surface area contributed by atoms with Gasteiger partial charge in [0.25, 0.3) is 0 Å². The minimum absolute atomic E-state index is 0.00978. The van der Waals surface area contributed by atoms with E-state index in [2.05, 4.69) is 36.8 Å². The summed E-state index contributed by atoms with van der Waals surface area (Å²) in [5.41, 5.74) is 7.84. The molecule has 326 valence electrons. The molecule has 1 heterocycles. The maximum absolute atomic E-state index is 14.2. The van der Waals surface area contributed by atoms with Crippen molar-refractivity contribution >= 4 is 17.7 Å². The van der Waals surface area contributed by atoms with Crippen molar-refractivity contribution in [1.29, 1.82) is 0 Å². The van der Waals surface area contributed by atoms with Crippen molar-refractivity contribution in [1.82, 2.24) is 0 Å². The smallest absolute Gasteiger partial charge is 0.306 e. The number of hydrogen-bond donors (Lipinski definition) is 8. The molecule has 0 spiro atoms. The first-order valence-corrected chi connectivity index (χ1v) is 22.7. The van der Waals surface area contributed by atoms with Gasteiger partial charge in [0, 0.05) is 47.6 Å². The van der Waals surface area contributed by atoms with Gasteiger partial charge in [0.05, 0.1) is 42.5 Å². The lowest BCUT2D eigenvalue weighted by molar-refractivity contribution is -0.191. The highest BCUT2D eigenvalue weighted by Crippen LogP contribution is 2.72. The molecule has 0 amide bonds. The van der Waals surface area contributed by atoms with Gasteiger partial charge in [0.15, 0.2) is 11.7 Å². The number of aliphatic hydroxyl groups excluding tert-OH is 4. The van der Waals surface area contributed by atoms with Crippen LogP contribution in [0.4, 0.5) is 0 Å². The molecule has 18 atom stereocenters. The lowest BCUT2D eigenvalue weighted by Crippen LogP contribution is -2.65. The van der Waals surface area contributed by atoms with Crippen LogP contribution in [-0.2, 0) is 14.3 Å². The fourth-order valence-electron chi connectivity index (χ4n) is 15.1. The second-order valence-electron chi connectivity index (χ2n) is 21.2. The molecule has 12 nitrogen and oxygen atoms in total. The van der Waals surface area contributed by atoms with Crippen LogP contribution in [0, 0.1) is 87.8 Å². The van der Waals surface area contributed by atoms with Crippen LogP contribution in [0.15, 0.2) is 28.0 Å². The average molecular weight is 820 g/mol. The third-order valence-electron chi connectivity index (χ3n) is 18.0. The largest absolute Gasteiger partial charge is 0.504 e. The predicted octanol–water partition coefficient (Wildman–Crippen LogP) is 4.06. The highest BCUT2D eigenvalue weighted by atomic mass is 16.5. The van der Waals surface area contributed by atoms with E-state index in [4.69, 9.17) is 16.2 Å². The first-order valence-electron chi connectivity index (χ1n) is 22.7. The number of aliphatic hydroxyl groups is 6. The van der Waals surface area contributed by atoms with Crippen LogP contribution < -0.4 is 11.5 Å². The summed E-state index contributed by atoms with van der Waals surface area (Å²) in [5, 5.41) is 73.0. The van der Waals surface area contributed by atoms with Crippen molar-refractivity contribution in [2.45, 2.75) is 147 Å². The molecule has 0 aromatic carbocycles. The molecule has 0 aromatic heterocycles. The van der Waals surface area contributed by atoms with E-state index in [1.54, 1.807) is 6.92 Å². The number of ketones is 1. The van der Waals surface area contributed by atoms with E-state index in [0.29, 0.717) is 50.0 Å². The van der Waals surface area contributed by atoms with Gasteiger partial charge in [-0.1, -0.05) is 38.3 Å². The molecule has 8 aliphatic rings. The average Bonchev–Trinajstić information content (AvgIpc) is 3.72. The van der Waals surface area contributed by atoms with E-state index >= 15 is 0 Å². The summed E-state index contributed by atoms with van der Waals surface area (Å²) in [6, 6.07) is 0. The zero-order valence-corrected chi connectivity index (χ0v) is 35.5. The molecule has 10 N–H and O–H groups in total. The van der Waals surface area contributed by atoms with E-state index < -0.39 is 75.6 Å². The van der Waals surface area contributed by atoms with E-state index in [0.717, 1.165) is 25.7 Å². The molecule has 7 aliphatic carbocycles. The molecule has 0 radical (unpaired) electrons. The molecule has 59 heavy (non-hydrogen) atoms. The second kappa shape index (κ2) is 15.4. The number of carbonyl (C=O) groups excluding carboxylic acids is 2. The molecule has 1 aliphatic heterocycles. The van der Waals surface area contributed by atoms with Gasteiger partial charge in [-0.05, 0) is 131 Å². The SMILES string of the molecule is C[C@@H]1CCC2=CC[C@@H]3[C@@H](C[C@H]([C@@H]4COC(=O)C4)C#CC[C@H]4C[C@@]5(O)C6=C(O)C(=O)[C@@H]7C[C@@H](O)[C@@H](O)C[C@]7(C)[C@H]6CC[C@]5(CCN=C(N)N)[C@H]4[C@@](C)(O)[C@H](O)C[C@H]3C)[C@@H]2C1. The van der Waals surface area contributed by atoms with E-state index in [1.807, 2.05) is 6.92 Å². The van der Waals surface area contributed by atoms with Gasteiger partial charge < -0.3 is 46.8 Å². The number of nitrogens with zero attached hydrogens (tertiary/aromatic N) is 1. The van der Waals surface area contributed by atoms with Crippen molar-refractivity contribution in [3.63, 3.8) is 0 Å². The summed E-state index contributed by atoms with van der Waals surface area (Å²) < 4.78 is 5.54. The Kier molecular flexibility index (Phi) is 11.2. The van der Waals surface area contributed by atoms with Crippen LogP contribution in [-0.4, -0.2) is 91.0 Å². The fourth-order valence-corrected chi connectivity index (χ4v) is 15.1. The van der Waals surface area contributed by atoms with Crippen molar-refractivity contribution < 1.29 is 45.0 Å². The quantitative estimate of drug-likeness (QED) is 0.0663. The second-order valence-corrected chi connectivity index (χ2v) is 21.2. The lowest BCUT2D eigenvalue weighted by atomic mass is 9.44. The molecule has 12 heteroatoms. The zero-order valence-electron chi connectivity index (χ0n) is 35.5. The first kappa shape index (κ1) is 42.7. The zero-order chi connectivity index (χ0) is 42.4. The Labute approximate surface area is 349 Å². The number of guanidine groups is 1. The summed E-state index contributed by atoms with van der Waals surface area (Å²) in [4.78, 5) is 31.2. The molecule has 1 saturated heterocycles. The highest BCUT2D eigenvalue weighted by molar-refractivity contribution is 5.98. The Bertz CT molecular complexity index is 1850. The normalized spacial score (nSPS) is 49.7. The van der Waals surface area contributed by atoms with Crippen molar-refractivity contribution in [3.8, 4) is 11.8 Å². The van der Waals surface area contributed by atoms with E-state index in [1.165, 1.54) is 12.0 Å². The first-order chi connectivity index (χ1) is 27.8. The van der Waals surface area contributed by atoms with Gasteiger partial charge in [0.2, 0.25) is 5.78 Å². The third kappa shape index (κ3) is 6.88. The predicted molar refractivity (Wildman–Crippen MR) is 221 cm³/mol. The van der Waals surface area contributed by atoms with Gasteiger partial charge in [-0.3, -0.25) is 14.6 Å². The van der Waals surface area contributed by atoms with Gasteiger partial charge in [-0.15, -0.1) is 5.92 Å². The Morgan fingerprint density at radius 3 is 2.44 bits per heavy atom. The number of allylic oxidation sites excluding steroid dienone is 3. The van der Waals surface area contributed by atoms with Crippen molar-refractivity contribution in [2.75, 3.05) is 13.2 Å². The number of esters is 1. The summed E-state index contributed by atoms with van der Waals surface area (Å²) in [7, 11) is 0. The third-order valence-corrected chi connectivity index (χ3v) is 18.0. The number of Topliss-reactive ketones (excluding diaryl/α,β-unsaturated/α-hetero) is 1. The monoisotopic (exact) mass is 820 g/mol. The standard InChI is InChI=1S/C47H69N3O9/c1-24-8-9-26-10-11-30-25(2)17-37(53)45(4,57)42-28(7-5-6-27(18-32(30)31(26)16-24)29-19-38(54)59-23-29)21-47(58)39-33(12-13-46(42,47)14-15-50-43(48)49)44(3)22-36(52)35(51)20-34(44)40(55)41(39)56/h10,24-25,27-37,42,51-53,56-58H,7-9,11-23H2,1-4H3,(H4,48,49,50)/t24-,25-,27-,28+,29+,30+,31-,32-,33+,34+,35-,36+,37-,42-,44-,45+,46+,47-/m1/s1. The van der Waals surface area contributed by atoms with Gasteiger partial charge in [-0.2, -0.15) is 0 Å². The number of aliphatic imine (C=N–C) groups is 1. The number of fused-ring (bicyclic) bond motifs is 10. The van der Waals surface area contributed by atoms with Gasteiger partial charge in [-0.25, -0.2) is 0 Å². The Morgan fingerprint density at radius 2 is 1.73 bits per heavy atom. The maximum atomic E-state index is 14.2. The van der Waals surface area contributed by atoms with Gasteiger partial charge in [0.1, 0.15) is 0 Å². The minimum atomic E-state index is -1.83. The van der Waals surface area contributed by atoms with E-state index in [-0.39, 0.29) is 79.8 Å². The number of ether oxygens (including phenoxy) is 1. The number of cyclic esters (lactones) is 1. The molecule has 4 saturated carbocycles. The topological polar surface area (TPSA) is 229 Å². The Balaban J connectivity index is 1.26. The minimum Gasteiger partial charge on any atom is -0.504 e. The fraction of sp³-hybridized carbons (Fsp3) is 0.809. The van der Waals surface area contributed by atoms with Gasteiger partial charge >= 0.3 is 5.97 Å². The van der Waals surface area contributed by atoms with Crippen molar-refractivity contribution in [3.05, 3.63) is 23.0 Å². The molecule has 0 unspecified atom stereocenters. The number of carbonyl (C=O) groups is 2.